The van der Waals surface area contributed by atoms with Gasteiger partial charge in [0.2, 0.25) is 5.78 Å². The number of nitrogens with zero attached hydrogens (tertiary/aromatic N) is 4. The van der Waals surface area contributed by atoms with E-state index in [1.54, 1.807) is 18.4 Å². The maximum absolute atomic E-state index is 12.6. The number of likely N-dealkylation sites (tertiary alicyclic amines) is 2. The fourth-order valence-corrected chi connectivity index (χ4v) is 7.13. The maximum Gasteiger partial charge on any atom is 1.00 e. The summed E-state index contributed by atoms with van der Waals surface area (Å²) < 4.78 is 45.5. The van der Waals surface area contributed by atoms with Gasteiger partial charge in [-0.05, 0) is 29.5 Å². The summed E-state index contributed by atoms with van der Waals surface area (Å²) in [6, 6.07) is 16.8. The predicted octanol–water partition coefficient (Wildman–Crippen LogP) is -1.91. The second kappa shape index (κ2) is 35.6. The number of benzene rings is 2. The van der Waals surface area contributed by atoms with E-state index in [2.05, 4.69) is 31.9 Å². The van der Waals surface area contributed by atoms with E-state index in [1.807, 2.05) is 60.7 Å². The van der Waals surface area contributed by atoms with Gasteiger partial charge in [0.25, 0.3) is 6.47 Å². The summed E-state index contributed by atoms with van der Waals surface area (Å²) in [4.78, 5) is 88.2. The Morgan fingerprint density at radius 1 is 0.788 bits per heavy atom. The number of carbonyl (C=O) groups excluding carboxylic acids is 7. The van der Waals surface area contributed by atoms with E-state index in [0.29, 0.717) is 12.8 Å². The molecule has 0 bridgehead atoms. The summed E-state index contributed by atoms with van der Waals surface area (Å²) in [6.45, 7) is 8.53. The Balaban J connectivity index is -0.000000904. The topological polar surface area (TPSA) is 276 Å². The molecule has 1 unspecified atom stereocenters. The Labute approximate surface area is 469 Å². The second-order valence-electron chi connectivity index (χ2n) is 13.0. The van der Waals surface area contributed by atoms with Crippen LogP contribution in [0.5, 0.6) is 0 Å². The zero-order chi connectivity index (χ0) is 48.2. The molecule has 2 aromatic rings. The van der Waals surface area contributed by atoms with Gasteiger partial charge in [0.15, 0.2) is 5.78 Å². The number of esters is 2. The van der Waals surface area contributed by atoms with Gasteiger partial charge in [-0.25, -0.2) is 23.7 Å². The van der Waals surface area contributed by atoms with Crippen LogP contribution in [-0.4, -0.2) is 123 Å². The molecule has 2 fully saturated rings. The van der Waals surface area contributed by atoms with Gasteiger partial charge in [0, 0.05) is 33.6 Å². The first-order valence-corrected chi connectivity index (χ1v) is 20.4. The Kier molecular flexibility index (Phi) is 34.9. The van der Waals surface area contributed by atoms with Gasteiger partial charge in [-0.3, -0.25) is 24.2 Å². The van der Waals surface area contributed by atoms with E-state index in [9.17, 15) is 33.3 Å². The molecule has 66 heavy (non-hydrogen) atoms. The van der Waals surface area contributed by atoms with Crippen LogP contribution in [0.25, 0.3) is 5.53 Å². The molecule has 24 heteroatoms. The van der Waals surface area contributed by atoms with Gasteiger partial charge >= 0.3 is 140 Å². The summed E-state index contributed by atoms with van der Waals surface area (Å²) >= 11 is 0. The minimum atomic E-state index is -3.70. The Hall–Kier alpha value is -3.49. The van der Waals surface area contributed by atoms with Crippen molar-refractivity contribution in [1.29, 1.82) is 0 Å². The predicted molar refractivity (Wildman–Crippen MR) is 224 cm³/mol. The molecule has 350 valence electrons. The molecule has 2 heterocycles. The van der Waals surface area contributed by atoms with E-state index in [0.717, 1.165) is 42.7 Å². The summed E-state index contributed by atoms with van der Waals surface area (Å²) in [6.07, 6.45) is 4.39. The van der Waals surface area contributed by atoms with Crippen molar-refractivity contribution in [3.63, 3.8) is 0 Å². The van der Waals surface area contributed by atoms with Crippen molar-refractivity contribution in [3.05, 3.63) is 114 Å². The van der Waals surface area contributed by atoms with Crippen LogP contribution in [0, 0.1) is 11.8 Å². The van der Waals surface area contributed by atoms with Gasteiger partial charge in [-0.2, -0.15) is 4.79 Å². The molecule has 0 saturated carbocycles. The number of allylic oxidation sites excluding steroid dienone is 2. The van der Waals surface area contributed by atoms with E-state index in [-0.39, 0.29) is 149 Å². The molecular weight excluding hydrogens is 942 g/mol. The molecule has 2 aliphatic heterocycles. The van der Waals surface area contributed by atoms with Crippen molar-refractivity contribution in [3.8, 4) is 0 Å². The molecule has 4 rings (SSSR count). The third kappa shape index (κ3) is 20.4. The number of hydrogen-bond acceptors (Lipinski definition) is 17. The summed E-state index contributed by atoms with van der Waals surface area (Å²) in [5.41, 5.74) is 10.3. The van der Waals surface area contributed by atoms with Crippen molar-refractivity contribution < 1.29 is 190 Å². The molecule has 2 aromatic carbocycles. The number of carbonyl (C=O) groups is 7. The fraction of sp³-hybridized carbons (Fsp3) is 0.381. The van der Waals surface area contributed by atoms with Crippen LogP contribution >= 0.6 is 7.60 Å². The SMILES string of the molecule is C=CCC1C(=O)CN(C(=O)OCc2ccccc2)[C@@H]1C(=O)OC.C=CC[C@@H]1/C(=C/OC)CN(C(=O)OCc2ccccc2)[C@@H]1C(=O)OC.COP(=O)(OC)C(=[N+]=[N-])C(C)=O.O=CO[O-].[H-].[K+].[K+]. The van der Waals surface area contributed by atoms with Crippen LogP contribution in [0.1, 0.15) is 32.3 Å². The molecule has 2 saturated heterocycles. The second-order valence-corrected chi connectivity index (χ2v) is 15.1. The Morgan fingerprint density at radius 3 is 1.53 bits per heavy atom. The van der Waals surface area contributed by atoms with E-state index in [4.69, 9.17) is 39.3 Å². The minimum Gasteiger partial charge on any atom is -1.00 e. The van der Waals surface area contributed by atoms with Gasteiger partial charge < -0.3 is 49.8 Å². The van der Waals surface area contributed by atoms with Crippen molar-refractivity contribution in [1.82, 2.24) is 9.80 Å². The first-order valence-electron chi connectivity index (χ1n) is 18.9. The van der Waals surface area contributed by atoms with Crippen molar-refractivity contribution in [2.45, 2.75) is 45.1 Å². The molecule has 0 N–H and O–H groups in total. The van der Waals surface area contributed by atoms with Crippen LogP contribution in [0.15, 0.2) is 97.8 Å². The zero-order valence-corrected chi connectivity index (χ0v) is 45.4. The first kappa shape index (κ1) is 64.6. The molecule has 0 aliphatic carbocycles. The summed E-state index contributed by atoms with van der Waals surface area (Å²) in [7, 11) is 2.55. The fourth-order valence-electron chi connectivity index (χ4n) is 6.14. The number of methoxy groups -OCH3 is 3. The minimum absolute atomic E-state index is 0. The Morgan fingerprint density at radius 2 is 1.20 bits per heavy atom. The first-order chi connectivity index (χ1) is 30.6. The molecule has 4 atom stereocenters. The number of Topliss-reactive ketones (excluding diaryl/α,β-unsaturated/α-hetero) is 2. The average Bonchev–Trinajstić information content (AvgIpc) is 3.84. The number of ether oxygens (including phenoxy) is 5. The van der Waals surface area contributed by atoms with Crippen LogP contribution in [0.3, 0.4) is 0 Å². The number of rotatable bonds is 16. The number of amides is 2. The molecule has 0 aromatic heterocycles. The number of hydrogen-bond donors (Lipinski definition) is 0. The van der Waals surface area contributed by atoms with Crippen LogP contribution in [0.4, 0.5) is 9.59 Å². The van der Waals surface area contributed by atoms with Crippen molar-refractivity contribution in [2.75, 3.05) is 48.6 Å². The average molecular weight is 995 g/mol. The van der Waals surface area contributed by atoms with Crippen LogP contribution < -0.4 is 108 Å². The molecule has 21 nitrogen and oxygen atoms in total. The largest absolute Gasteiger partial charge is 1.00 e. The quantitative estimate of drug-likeness (QED) is 0.0144. The number of ketones is 2. The summed E-state index contributed by atoms with van der Waals surface area (Å²) in [5.74, 6) is -2.85. The molecular formula is C42H53K2N4O17P. The zero-order valence-electron chi connectivity index (χ0n) is 39.2. The molecule has 0 spiro atoms. The monoisotopic (exact) mass is 994 g/mol. The van der Waals surface area contributed by atoms with Crippen molar-refractivity contribution in [2.24, 2.45) is 11.8 Å². The standard InChI is InChI=1S/C19H23NO5.C17H19NO5.C5H9N2O4P.CH2O3.2K.H/c1-4-8-16-15(13-23-2)11-20(17(16)18(21)24-3)19(22)25-12-14-9-6-5-7-10-14;1-3-7-13-14(19)10-18(15(13)16(20)22-2)17(21)23-11-12-8-5-4-6-9-12;1-4(8)5(7-6)12(9,10-2)11-3;2-1-4-3;;;/h4-7,9-10,13,16-17H,1,8,11-12H2,2-3H3;3-6,8-9,13,15H,1,7,10-11H2,2H3;1-3H3;1,3H;;;/q;;;;2*+1;-1/p-1/b15-13+;;;;;;/t16-,17+;13?,15-;;;;;/m10...../s1. The van der Waals surface area contributed by atoms with Crippen LogP contribution in [0.2, 0.25) is 0 Å². The van der Waals surface area contributed by atoms with Crippen LogP contribution in [-0.2, 0) is 79.4 Å². The normalized spacial score (nSPS) is 17.3. The van der Waals surface area contributed by atoms with E-state index in [1.165, 1.54) is 26.2 Å². The van der Waals surface area contributed by atoms with Gasteiger partial charge in [0.1, 0.15) is 25.3 Å². The van der Waals surface area contributed by atoms with E-state index >= 15 is 0 Å². The van der Waals surface area contributed by atoms with Gasteiger partial charge in [-0.15, -0.1) is 13.2 Å². The van der Waals surface area contributed by atoms with Crippen molar-refractivity contribution >= 4 is 55.2 Å². The Bertz CT molecular complexity index is 2040. The van der Waals surface area contributed by atoms with Gasteiger partial charge in [-0.1, -0.05) is 72.8 Å². The molecule has 2 aliphatic rings. The maximum atomic E-state index is 12.6. The third-order valence-corrected chi connectivity index (χ3v) is 11.0. The van der Waals surface area contributed by atoms with E-state index < -0.39 is 61.0 Å². The molecule has 0 radical (unpaired) electrons. The summed E-state index contributed by atoms with van der Waals surface area (Å²) in [5, 5.41) is 8.43. The smallest absolute Gasteiger partial charge is 1.00 e. The molecule has 2 amide bonds. The third-order valence-electron chi connectivity index (χ3n) is 9.07. The van der Waals surface area contributed by atoms with Gasteiger partial charge in [0.05, 0.1) is 40.1 Å².